The van der Waals surface area contributed by atoms with Crippen molar-refractivity contribution in [2.75, 3.05) is 37.3 Å². The monoisotopic (exact) mass is 836 g/mol. The Morgan fingerprint density at radius 3 is 1.85 bits per heavy atom. The summed E-state index contributed by atoms with van der Waals surface area (Å²) in [7, 11) is -0.391. The number of nitrogens with zero attached hydrogens (tertiary/aromatic N) is 1. The zero-order valence-electron chi connectivity index (χ0n) is 37.0. The SMILES string of the molecule is C=CCOC(C)C1=CC(C)(C)Nc2ccc(-c3ccccc3OC)cc21.COc1ccccc1-c1ccc2c(c1)C(C(C)OS(C)(=O)=O)=CC(C)(C)N2C(=O)OC(C)(C)C. The van der Waals surface area contributed by atoms with Crippen LogP contribution >= 0.6 is 0 Å². The second kappa shape index (κ2) is 18.1. The number of para-hydroxylation sites is 2. The molecule has 1 N–H and O–H groups in total. The molecule has 320 valence electrons. The van der Waals surface area contributed by atoms with E-state index in [0.29, 0.717) is 29.2 Å². The molecule has 0 bridgehead atoms. The molecule has 0 spiro atoms. The van der Waals surface area contributed by atoms with Gasteiger partial charge < -0.3 is 24.3 Å². The van der Waals surface area contributed by atoms with Crippen LogP contribution in [0, 0.1) is 0 Å². The van der Waals surface area contributed by atoms with Gasteiger partial charge in [-0.05, 0) is 121 Å². The summed E-state index contributed by atoms with van der Waals surface area (Å²) >= 11 is 0. The second-order valence-electron chi connectivity index (χ2n) is 17.1. The van der Waals surface area contributed by atoms with Crippen LogP contribution in [0.1, 0.15) is 73.4 Å². The summed E-state index contributed by atoms with van der Waals surface area (Å²) in [5.74, 6) is 1.58. The first-order valence-corrected chi connectivity index (χ1v) is 21.8. The Bertz CT molecular complexity index is 2390. The Balaban J connectivity index is 0.000000236. The lowest BCUT2D eigenvalue weighted by Crippen LogP contribution is -2.51. The van der Waals surface area contributed by atoms with Crippen LogP contribution in [-0.4, -0.2) is 70.5 Å². The summed E-state index contributed by atoms with van der Waals surface area (Å²) in [6.07, 6.45) is 5.67. The van der Waals surface area contributed by atoms with E-state index in [0.717, 1.165) is 39.9 Å². The van der Waals surface area contributed by atoms with Gasteiger partial charge in [0.25, 0.3) is 10.1 Å². The first-order chi connectivity index (χ1) is 28.1. The van der Waals surface area contributed by atoms with Crippen molar-refractivity contribution in [3.05, 3.63) is 121 Å². The average molecular weight is 837 g/mol. The zero-order valence-corrected chi connectivity index (χ0v) is 37.8. The van der Waals surface area contributed by atoms with E-state index in [4.69, 9.17) is 23.1 Å². The van der Waals surface area contributed by atoms with Crippen molar-refractivity contribution in [1.82, 2.24) is 0 Å². The second-order valence-corrected chi connectivity index (χ2v) is 18.7. The van der Waals surface area contributed by atoms with Crippen molar-refractivity contribution >= 4 is 38.7 Å². The molecule has 60 heavy (non-hydrogen) atoms. The van der Waals surface area contributed by atoms with Gasteiger partial charge in [0.2, 0.25) is 0 Å². The van der Waals surface area contributed by atoms with Crippen LogP contribution in [0.2, 0.25) is 0 Å². The third-order valence-electron chi connectivity index (χ3n) is 10.0. The fraction of sp³-hybridized carbons (Fsp3) is 0.367. The molecule has 0 aliphatic carbocycles. The Morgan fingerprint density at radius 1 is 0.783 bits per heavy atom. The number of hydrogen-bond acceptors (Lipinski definition) is 9. The van der Waals surface area contributed by atoms with E-state index in [-0.39, 0.29) is 11.6 Å². The van der Waals surface area contributed by atoms with Gasteiger partial charge in [-0.15, -0.1) is 6.58 Å². The molecule has 2 unspecified atom stereocenters. The van der Waals surface area contributed by atoms with E-state index in [1.807, 2.05) is 101 Å². The quantitative estimate of drug-likeness (QED) is 0.117. The highest BCUT2D eigenvalue weighted by atomic mass is 32.2. The van der Waals surface area contributed by atoms with Crippen LogP contribution in [-0.2, 0) is 23.8 Å². The van der Waals surface area contributed by atoms with E-state index >= 15 is 0 Å². The number of rotatable bonds is 11. The van der Waals surface area contributed by atoms with Crippen molar-refractivity contribution in [3.8, 4) is 33.8 Å². The van der Waals surface area contributed by atoms with Crippen molar-refractivity contribution < 1.29 is 36.3 Å². The van der Waals surface area contributed by atoms with Crippen LogP contribution in [0.4, 0.5) is 16.2 Å². The van der Waals surface area contributed by atoms with Gasteiger partial charge in [-0.1, -0.05) is 66.8 Å². The van der Waals surface area contributed by atoms with Gasteiger partial charge in [0.15, 0.2) is 0 Å². The number of nitrogens with one attached hydrogen (secondary N) is 1. The van der Waals surface area contributed by atoms with E-state index in [9.17, 15) is 13.2 Å². The molecule has 4 aromatic rings. The number of anilines is 2. The molecule has 0 saturated heterocycles. The first-order valence-electron chi connectivity index (χ1n) is 20.0. The summed E-state index contributed by atoms with van der Waals surface area (Å²) in [6.45, 7) is 21.6. The molecule has 10 nitrogen and oxygen atoms in total. The number of hydrogen-bond donors (Lipinski definition) is 1. The molecular formula is C49H60N2O8S. The third kappa shape index (κ3) is 10.9. The highest BCUT2D eigenvalue weighted by molar-refractivity contribution is 7.86. The van der Waals surface area contributed by atoms with Gasteiger partial charge in [-0.3, -0.25) is 9.08 Å². The van der Waals surface area contributed by atoms with E-state index < -0.39 is 33.5 Å². The number of ether oxygens (including phenoxy) is 4. The number of carbonyl (C=O) groups is 1. The lowest BCUT2D eigenvalue weighted by Gasteiger charge is -2.43. The topological polar surface area (TPSA) is 113 Å². The van der Waals surface area contributed by atoms with E-state index in [1.165, 1.54) is 11.1 Å². The molecule has 4 aromatic carbocycles. The van der Waals surface area contributed by atoms with Crippen molar-refractivity contribution in [2.24, 2.45) is 0 Å². The van der Waals surface area contributed by atoms with Gasteiger partial charge in [0.05, 0.1) is 56.1 Å². The van der Waals surface area contributed by atoms with Crippen LogP contribution in [0.5, 0.6) is 11.5 Å². The minimum atomic E-state index is -3.71. The van der Waals surface area contributed by atoms with E-state index in [1.54, 1.807) is 32.1 Å². The molecule has 2 aliphatic heterocycles. The molecule has 6 rings (SSSR count). The van der Waals surface area contributed by atoms with Crippen LogP contribution in [0.25, 0.3) is 33.4 Å². The highest BCUT2D eigenvalue weighted by Crippen LogP contribution is 2.45. The van der Waals surface area contributed by atoms with Crippen LogP contribution in [0.3, 0.4) is 0 Å². The fourth-order valence-corrected chi connectivity index (χ4v) is 8.20. The lowest BCUT2D eigenvalue weighted by molar-refractivity contribution is 0.0555. The molecule has 1 amide bonds. The first kappa shape index (κ1) is 45.7. The molecule has 2 aliphatic rings. The molecule has 0 fully saturated rings. The molecule has 11 heteroatoms. The number of amides is 1. The summed E-state index contributed by atoms with van der Waals surface area (Å²) in [5.41, 5.74) is 7.80. The normalized spacial score (nSPS) is 16.2. The number of fused-ring (bicyclic) bond motifs is 2. The molecular weight excluding hydrogens is 777 g/mol. The zero-order chi connectivity index (χ0) is 44.2. The predicted molar refractivity (Wildman–Crippen MR) is 244 cm³/mol. The molecule has 0 aromatic heterocycles. The summed E-state index contributed by atoms with van der Waals surface area (Å²) in [6, 6.07) is 27.9. The largest absolute Gasteiger partial charge is 0.496 e. The highest BCUT2D eigenvalue weighted by Gasteiger charge is 2.41. The van der Waals surface area contributed by atoms with Crippen molar-refractivity contribution in [1.29, 1.82) is 0 Å². The van der Waals surface area contributed by atoms with Crippen LogP contribution < -0.4 is 19.7 Å². The smallest absolute Gasteiger partial charge is 0.415 e. The molecule has 2 atom stereocenters. The molecule has 0 radical (unpaired) electrons. The predicted octanol–water partition coefficient (Wildman–Crippen LogP) is 11.2. The minimum Gasteiger partial charge on any atom is -0.496 e. The van der Waals surface area contributed by atoms with Crippen molar-refractivity contribution in [2.45, 2.75) is 91.2 Å². The summed E-state index contributed by atoms with van der Waals surface area (Å²) in [5, 5.41) is 3.60. The standard InChI is InChI=1S/C26H33NO6S.C23H27NO2/c1-17(33-34(8,29)30)21-16-26(5,6)27(24(28)32-25(2,3)4)22-14-13-18(15-20(21)22)19-11-9-10-12-23(19)31-7;1-6-13-26-16(2)20-15-23(3,4)24-21-12-11-17(14-19(20)21)18-9-7-8-10-22(18)25-5/h9-17H,1-8H3;6-12,14-16,24H,1,13H2,2-5H3. The van der Waals surface area contributed by atoms with Crippen LogP contribution in [0.15, 0.2) is 110 Å². The number of methoxy groups -OCH3 is 2. The Kier molecular flexibility index (Phi) is 13.8. The summed E-state index contributed by atoms with van der Waals surface area (Å²) in [4.78, 5) is 14.9. The Hall–Kier alpha value is -5.36. The van der Waals surface area contributed by atoms with Gasteiger partial charge in [-0.25, -0.2) is 4.79 Å². The van der Waals surface area contributed by atoms with Gasteiger partial charge in [-0.2, -0.15) is 8.42 Å². The van der Waals surface area contributed by atoms with Gasteiger partial charge in [0, 0.05) is 27.9 Å². The maximum atomic E-state index is 13.3. The van der Waals surface area contributed by atoms with Gasteiger partial charge in [0.1, 0.15) is 17.1 Å². The maximum Gasteiger partial charge on any atom is 0.415 e. The third-order valence-corrected chi connectivity index (χ3v) is 10.6. The Morgan fingerprint density at radius 2 is 1.32 bits per heavy atom. The molecule has 2 heterocycles. The van der Waals surface area contributed by atoms with E-state index in [2.05, 4.69) is 63.0 Å². The van der Waals surface area contributed by atoms with Gasteiger partial charge >= 0.3 is 6.09 Å². The number of benzene rings is 4. The number of carbonyl (C=O) groups excluding carboxylic acids is 1. The fourth-order valence-electron chi connectivity index (χ4n) is 7.57. The minimum absolute atomic E-state index is 0.0129. The average Bonchev–Trinajstić information content (AvgIpc) is 3.17. The summed E-state index contributed by atoms with van der Waals surface area (Å²) < 4.78 is 51.9. The van der Waals surface area contributed by atoms with Crippen molar-refractivity contribution in [3.63, 3.8) is 0 Å². The molecule has 0 saturated carbocycles. The Labute approximate surface area is 357 Å². The lowest BCUT2D eigenvalue weighted by atomic mass is 9.85. The maximum absolute atomic E-state index is 13.3.